The van der Waals surface area contributed by atoms with Gasteiger partial charge in [-0.25, -0.2) is 14.6 Å². The molecular formula is C20H25ClN4O4. The molecule has 1 amide bonds. The molecule has 1 N–H and O–H groups in total. The first-order chi connectivity index (χ1) is 13.7. The number of halogens is 1. The lowest BCUT2D eigenvalue weighted by Gasteiger charge is -2.19. The molecule has 9 heteroatoms. The van der Waals surface area contributed by atoms with Gasteiger partial charge in [-0.2, -0.15) is 5.10 Å². The predicted molar refractivity (Wildman–Crippen MR) is 108 cm³/mol. The number of carbonyl (C=O) groups is 2. The number of amides is 1. The zero-order chi connectivity index (χ0) is 21.2. The SMILES string of the molecule is CCOC(=O)c1c2c(nn1CCNC(=O)OC(C)(C)C)-c1cc(Cl)ncc1CC2. The molecule has 0 aliphatic heterocycles. The number of aryl methyl sites for hydroxylation is 1. The van der Waals surface area contributed by atoms with Crippen LogP contribution >= 0.6 is 11.6 Å². The molecule has 0 aromatic carbocycles. The predicted octanol–water partition coefficient (Wildman–Crippen LogP) is 3.40. The van der Waals surface area contributed by atoms with Crippen molar-refractivity contribution in [2.45, 2.75) is 52.7 Å². The molecule has 0 saturated carbocycles. The van der Waals surface area contributed by atoms with Crippen LogP contribution in [0.3, 0.4) is 0 Å². The quantitative estimate of drug-likeness (QED) is 0.588. The second kappa shape index (κ2) is 8.41. The smallest absolute Gasteiger partial charge is 0.407 e. The fourth-order valence-corrected chi connectivity index (χ4v) is 3.42. The van der Waals surface area contributed by atoms with Crippen LogP contribution < -0.4 is 5.32 Å². The number of ether oxygens (including phenoxy) is 2. The second-order valence-electron chi connectivity index (χ2n) is 7.71. The van der Waals surface area contributed by atoms with Crippen molar-refractivity contribution < 1.29 is 19.1 Å². The van der Waals surface area contributed by atoms with E-state index in [1.165, 1.54) is 0 Å². The summed E-state index contributed by atoms with van der Waals surface area (Å²) in [5.74, 6) is -0.429. The molecule has 2 aromatic heterocycles. The maximum atomic E-state index is 12.6. The molecule has 8 nitrogen and oxygen atoms in total. The Labute approximate surface area is 174 Å². The minimum absolute atomic E-state index is 0.256. The van der Waals surface area contributed by atoms with Gasteiger partial charge in [-0.05, 0) is 52.2 Å². The number of hydrogen-bond acceptors (Lipinski definition) is 6. The Morgan fingerprint density at radius 2 is 2.07 bits per heavy atom. The van der Waals surface area contributed by atoms with Crippen LogP contribution in [0.4, 0.5) is 4.79 Å². The molecule has 3 rings (SSSR count). The minimum Gasteiger partial charge on any atom is -0.461 e. The number of nitrogens with one attached hydrogen (secondary N) is 1. The van der Waals surface area contributed by atoms with E-state index in [1.807, 2.05) is 0 Å². The van der Waals surface area contributed by atoms with E-state index in [9.17, 15) is 9.59 Å². The molecule has 0 spiro atoms. The van der Waals surface area contributed by atoms with Crippen LogP contribution in [0.15, 0.2) is 12.3 Å². The van der Waals surface area contributed by atoms with Crippen LogP contribution in [0.1, 0.15) is 49.3 Å². The van der Waals surface area contributed by atoms with Crippen molar-refractivity contribution in [2.75, 3.05) is 13.2 Å². The third kappa shape index (κ3) is 4.87. The second-order valence-corrected chi connectivity index (χ2v) is 8.10. The van der Waals surface area contributed by atoms with E-state index in [0.29, 0.717) is 29.5 Å². The molecule has 0 radical (unpaired) electrons. The Balaban J connectivity index is 1.87. The topological polar surface area (TPSA) is 95.3 Å². The first-order valence-corrected chi connectivity index (χ1v) is 9.96. The average Bonchev–Trinajstić information content (AvgIpc) is 2.99. The Kier molecular flexibility index (Phi) is 6.12. The summed E-state index contributed by atoms with van der Waals surface area (Å²) in [7, 11) is 0. The van der Waals surface area contributed by atoms with Crippen molar-refractivity contribution in [3.05, 3.63) is 34.2 Å². The van der Waals surface area contributed by atoms with Crippen molar-refractivity contribution in [3.8, 4) is 11.3 Å². The summed E-state index contributed by atoms with van der Waals surface area (Å²) in [5.41, 5.74) is 3.27. The highest BCUT2D eigenvalue weighted by molar-refractivity contribution is 6.29. The lowest BCUT2D eigenvalue weighted by atomic mass is 9.90. The lowest BCUT2D eigenvalue weighted by molar-refractivity contribution is 0.0510. The van der Waals surface area contributed by atoms with Crippen molar-refractivity contribution >= 4 is 23.7 Å². The van der Waals surface area contributed by atoms with Gasteiger partial charge in [0, 0.05) is 23.9 Å². The number of nitrogens with zero attached hydrogens (tertiary/aromatic N) is 3. The highest BCUT2D eigenvalue weighted by Crippen LogP contribution is 2.35. The molecule has 0 atom stereocenters. The summed E-state index contributed by atoms with van der Waals surface area (Å²) in [6.45, 7) is 7.97. The molecule has 1 aliphatic rings. The van der Waals surface area contributed by atoms with Gasteiger partial charge in [0.2, 0.25) is 0 Å². The fraction of sp³-hybridized carbons (Fsp3) is 0.500. The number of aromatic nitrogens is 3. The molecule has 2 aromatic rings. The van der Waals surface area contributed by atoms with Crippen LogP contribution in [0.5, 0.6) is 0 Å². The van der Waals surface area contributed by atoms with E-state index < -0.39 is 17.7 Å². The molecular weight excluding hydrogens is 396 g/mol. The molecule has 0 unspecified atom stereocenters. The molecule has 0 bridgehead atoms. The van der Waals surface area contributed by atoms with Crippen molar-refractivity contribution in [1.29, 1.82) is 0 Å². The third-order valence-electron chi connectivity index (χ3n) is 4.36. The number of rotatable bonds is 5. The van der Waals surface area contributed by atoms with Crippen LogP contribution in [-0.2, 0) is 28.9 Å². The average molecular weight is 421 g/mol. The fourth-order valence-electron chi connectivity index (χ4n) is 3.26. The number of hydrogen-bond donors (Lipinski definition) is 1. The van der Waals surface area contributed by atoms with Gasteiger partial charge in [0.15, 0.2) is 0 Å². The van der Waals surface area contributed by atoms with Gasteiger partial charge in [0.05, 0.1) is 18.8 Å². The van der Waals surface area contributed by atoms with Gasteiger partial charge < -0.3 is 14.8 Å². The zero-order valence-electron chi connectivity index (χ0n) is 17.0. The number of esters is 1. The number of fused-ring (bicyclic) bond motifs is 3. The first kappa shape index (κ1) is 21.1. The van der Waals surface area contributed by atoms with E-state index in [1.54, 1.807) is 44.6 Å². The van der Waals surface area contributed by atoms with E-state index in [-0.39, 0.29) is 13.2 Å². The normalized spacial score (nSPS) is 12.7. The van der Waals surface area contributed by atoms with Crippen LogP contribution in [0, 0.1) is 0 Å². The number of alkyl carbamates (subject to hydrolysis) is 1. The van der Waals surface area contributed by atoms with Gasteiger partial charge >= 0.3 is 12.1 Å². The molecule has 156 valence electrons. The summed E-state index contributed by atoms with van der Waals surface area (Å²) in [6.07, 6.45) is 2.61. The highest BCUT2D eigenvalue weighted by Gasteiger charge is 2.29. The number of carbonyl (C=O) groups excluding carboxylic acids is 2. The maximum absolute atomic E-state index is 12.6. The largest absolute Gasteiger partial charge is 0.461 e. The van der Waals surface area contributed by atoms with E-state index in [0.717, 1.165) is 23.1 Å². The number of pyridine rings is 1. The molecule has 29 heavy (non-hydrogen) atoms. The van der Waals surface area contributed by atoms with Crippen molar-refractivity contribution in [1.82, 2.24) is 20.1 Å². The van der Waals surface area contributed by atoms with Crippen molar-refractivity contribution in [3.63, 3.8) is 0 Å². The van der Waals surface area contributed by atoms with Gasteiger partial charge in [0.25, 0.3) is 0 Å². The monoisotopic (exact) mass is 420 g/mol. The van der Waals surface area contributed by atoms with Gasteiger partial charge in [0.1, 0.15) is 16.4 Å². The lowest BCUT2D eigenvalue weighted by Crippen LogP contribution is -2.34. The summed E-state index contributed by atoms with van der Waals surface area (Å²) in [6, 6.07) is 1.76. The van der Waals surface area contributed by atoms with E-state index >= 15 is 0 Å². The molecule has 0 saturated heterocycles. The van der Waals surface area contributed by atoms with E-state index in [4.69, 9.17) is 21.1 Å². The molecule has 1 aliphatic carbocycles. The molecule has 0 fully saturated rings. The molecule has 2 heterocycles. The third-order valence-corrected chi connectivity index (χ3v) is 4.57. The Hall–Kier alpha value is -2.61. The van der Waals surface area contributed by atoms with Crippen molar-refractivity contribution in [2.24, 2.45) is 0 Å². The summed E-state index contributed by atoms with van der Waals surface area (Å²) < 4.78 is 12.1. The first-order valence-electron chi connectivity index (χ1n) is 9.58. The zero-order valence-corrected chi connectivity index (χ0v) is 17.8. The van der Waals surface area contributed by atoms with Gasteiger partial charge in [-0.1, -0.05) is 11.6 Å². The van der Waals surface area contributed by atoms with Gasteiger partial charge in [-0.3, -0.25) is 4.68 Å². The van der Waals surface area contributed by atoms with Crippen LogP contribution in [0.2, 0.25) is 5.15 Å². The Morgan fingerprint density at radius 3 is 2.76 bits per heavy atom. The van der Waals surface area contributed by atoms with E-state index in [2.05, 4.69) is 15.4 Å². The summed E-state index contributed by atoms with van der Waals surface area (Å²) in [4.78, 5) is 28.7. The minimum atomic E-state index is -0.581. The summed E-state index contributed by atoms with van der Waals surface area (Å²) in [5, 5.41) is 7.71. The summed E-state index contributed by atoms with van der Waals surface area (Å²) >= 11 is 6.07. The highest BCUT2D eigenvalue weighted by atomic mass is 35.5. The maximum Gasteiger partial charge on any atom is 0.407 e. The standard InChI is InChI=1S/C20H25ClN4O4/c1-5-28-18(26)17-13-7-6-12-11-23-15(21)10-14(12)16(13)24-25(17)9-8-22-19(27)29-20(2,3)4/h10-11H,5-9H2,1-4H3,(H,22,27). The Morgan fingerprint density at radius 1 is 1.31 bits per heavy atom. The van der Waals surface area contributed by atoms with Gasteiger partial charge in [-0.15, -0.1) is 0 Å². The van der Waals surface area contributed by atoms with Crippen LogP contribution in [0.25, 0.3) is 11.3 Å². The Bertz CT molecular complexity index is 933. The van der Waals surface area contributed by atoms with Crippen LogP contribution in [-0.4, -0.2) is 45.6 Å².